The molecule has 3 saturated heterocycles. The molecule has 1 atom stereocenters. The third-order valence-corrected chi connectivity index (χ3v) is 5.87. The van der Waals surface area contributed by atoms with E-state index in [0.29, 0.717) is 6.54 Å². The predicted molar refractivity (Wildman–Crippen MR) is 97.6 cm³/mol. The highest BCUT2D eigenvalue weighted by Gasteiger charge is 2.47. The molecule has 4 rings (SSSR count). The van der Waals surface area contributed by atoms with Crippen molar-refractivity contribution >= 4 is 17.6 Å². The highest BCUT2D eigenvalue weighted by Crippen LogP contribution is 2.28. The average Bonchev–Trinajstić information content (AvgIpc) is 3.25. The number of ether oxygens (including phenoxy) is 1. The molecule has 0 spiro atoms. The summed E-state index contributed by atoms with van der Waals surface area (Å²) in [5.74, 6) is 0.921. The van der Waals surface area contributed by atoms with Crippen LogP contribution in [-0.2, 0) is 4.79 Å². The smallest absolute Gasteiger partial charge is 0.327 e. The molecule has 0 saturated carbocycles. The maximum Gasteiger partial charge on any atom is 0.327 e. The normalized spacial score (nSPS) is 23.7. The van der Waals surface area contributed by atoms with Crippen LogP contribution in [0.4, 0.5) is 10.5 Å². The van der Waals surface area contributed by atoms with Crippen molar-refractivity contribution in [2.75, 3.05) is 57.8 Å². The Morgan fingerprint density at radius 1 is 1.15 bits per heavy atom. The van der Waals surface area contributed by atoms with Gasteiger partial charge in [0.05, 0.1) is 52.1 Å². The van der Waals surface area contributed by atoms with Gasteiger partial charge in [-0.05, 0) is 25.0 Å². The van der Waals surface area contributed by atoms with Crippen LogP contribution in [0.5, 0.6) is 5.75 Å². The Hall–Kier alpha value is -2.28. The van der Waals surface area contributed by atoms with E-state index in [9.17, 15) is 9.59 Å². The van der Waals surface area contributed by atoms with Crippen molar-refractivity contribution in [1.82, 2.24) is 9.80 Å². The number of hydrogen-bond acceptors (Lipinski definition) is 4. The second-order valence-electron chi connectivity index (χ2n) is 7.28. The molecule has 3 aliphatic rings. The van der Waals surface area contributed by atoms with Gasteiger partial charge in [0.15, 0.2) is 0 Å². The minimum atomic E-state index is -0.181. The summed E-state index contributed by atoms with van der Waals surface area (Å²) in [5, 5.41) is 0. The van der Waals surface area contributed by atoms with Gasteiger partial charge in [-0.25, -0.2) is 4.79 Å². The predicted octanol–water partition coefficient (Wildman–Crippen LogP) is -0.173. The second-order valence-corrected chi connectivity index (χ2v) is 7.28. The Kier molecular flexibility index (Phi) is 4.72. The zero-order valence-corrected chi connectivity index (χ0v) is 15.3. The lowest BCUT2D eigenvalue weighted by atomic mass is 10.2. The highest BCUT2D eigenvalue weighted by molar-refractivity contribution is 6.04. The van der Waals surface area contributed by atoms with Crippen LogP contribution in [0.25, 0.3) is 0 Å². The molecule has 0 radical (unpaired) electrons. The Balaban J connectivity index is 1.29. The van der Waals surface area contributed by atoms with Crippen molar-refractivity contribution in [1.29, 1.82) is 0 Å². The summed E-state index contributed by atoms with van der Waals surface area (Å²) in [5.41, 5.74) is 1.14. The van der Waals surface area contributed by atoms with E-state index in [4.69, 9.17) is 4.74 Å². The fourth-order valence-corrected chi connectivity index (χ4v) is 4.36. The van der Waals surface area contributed by atoms with Crippen LogP contribution in [-0.4, -0.2) is 80.7 Å². The molecule has 0 bridgehead atoms. The number of piperazine rings is 1. The third-order valence-electron chi connectivity index (χ3n) is 5.87. The van der Waals surface area contributed by atoms with E-state index in [1.54, 1.807) is 12.0 Å². The number of anilines is 1. The number of methoxy groups -OCH3 is 1. The summed E-state index contributed by atoms with van der Waals surface area (Å²) < 4.78 is 5.47. The largest absolute Gasteiger partial charge is 0.495 e. The molecule has 3 aliphatic heterocycles. The molecule has 7 heteroatoms. The first-order valence-electron chi connectivity index (χ1n) is 9.52. The van der Waals surface area contributed by atoms with Crippen LogP contribution < -0.4 is 14.5 Å². The fraction of sp³-hybridized carbons (Fsp3) is 0.579. The van der Waals surface area contributed by atoms with E-state index in [1.807, 2.05) is 18.2 Å². The molecule has 0 unspecified atom stereocenters. The Bertz CT molecular complexity index is 665. The molecule has 26 heavy (non-hydrogen) atoms. The maximum absolute atomic E-state index is 12.4. The van der Waals surface area contributed by atoms with E-state index >= 15 is 0 Å². The zero-order valence-electron chi connectivity index (χ0n) is 15.3. The van der Waals surface area contributed by atoms with Crippen LogP contribution in [0.2, 0.25) is 0 Å². The summed E-state index contributed by atoms with van der Waals surface area (Å²) in [6.45, 7) is 6.00. The van der Waals surface area contributed by atoms with E-state index in [1.165, 1.54) is 9.80 Å². The molecular weight excluding hydrogens is 332 g/mol. The molecule has 3 heterocycles. The molecule has 1 aromatic rings. The zero-order chi connectivity index (χ0) is 18.1. The number of quaternary nitrogens is 1. The number of carbonyl (C=O) groups excluding carboxylic acids is 2. The van der Waals surface area contributed by atoms with E-state index in [0.717, 1.165) is 63.5 Å². The number of benzene rings is 1. The molecule has 0 aliphatic carbocycles. The van der Waals surface area contributed by atoms with Gasteiger partial charge in [-0.15, -0.1) is 0 Å². The lowest BCUT2D eigenvalue weighted by molar-refractivity contribution is -0.899. The monoisotopic (exact) mass is 359 g/mol. The van der Waals surface area contributed by atoms with Crippen LogP contribution >= 0.6 is 0 Å². The molecule has 7 nitrogen and oxygen atoms in total. The van der Waals surface area contributed by atoms with Gasteiger partial charge in [0.2, 0.25) is 0 Å². The molecule has 3 fully saturated rings. The van der Waals surface area contributed by atoms with Gasteiger partial charge in [0.1, 0.15) is 11.8 Å². The van der Waals surface area contributed by atoms with Gasteiger partial charge in [-0.1, -0.05) is 12.1 Å². The fourth-order valence-electron chi connectivity index (χ4n) is 4.36. The number of imide groups is 1. The van der Waals surface area contributed by atoms with Crippen molar-refractivity contribution in [2.24, 2.45) is 0 Å². The molecule has 1 N–H and O–H groups in total. The van der Waals surface area contributed by atoms with Gasteiger partial charge < -0.3 is 19.4 Å². The topological polar surface area (TPSA) is 57.5 Å². The summed E-state index contributed by atoms with van der Waals surface area (Å²) in [6, 6.07) is 7.85. The lowest BCUT2D eigenvalue weighted by Crippen LogP contribution is -3.15. The van der Waals surface area contributed by atoms with E-state index < -0.39 is 0 Å². The van der Waals surface area contributed by atoms with E-state index in [-0.39, 0.29) is 18.0 Å². The molecule has 0 aromatic heterocycles. The van der Waals surface area contributed by atoms with Gasteiger partial charge >= 0.3 is 6.03 Å². The molecular formula is C19H27N4O3+. The summed E-state index contributed by atoms with van der Waals surface area (Å²) >= 11 is 0. The lowest BCUT2D eigenvalue weighted by Gasteiger charge is -2.34. The van der Waals surface area contributed by atoms with Gasteiger partial charge in [-0.3, -0.25) is 9.69 Å². The number of nitrogens with zero attached hydrogens (tertiary/aromatic N) is 3. The van der Waals surface area contributed by atoms with Crippen molar-refractivity contribution in [3.63, 3.8) is 0 Å². The maximum atomic E-state index is 12.4. The number of urea groups is 1. The summed E-state index contributed by atoms with van der Waals surface area (Å²) in [6.07, 6.45) is 1.78. The quantitative estimate of drug-likeness (QED) is 0.742. The third kappa shape index (κ3) is 3.00. The number of rotatable bonds is 5. The van der Waals surface area contributed by atoms with Crippen LogP contribution in [0.1, 0.15) is 12.8 Å². The number of nitrogens with one attached hydrogen (secondary N) is 1. The number of fused-ring (bicyclic) bond motifs is 1. The molecule has 140 valence electrons. The first-order valence-corrected chi connectivity index (χ1v) is 9.52. The van der Waals surface area contributed by atoms with Gasteiger partial charge in [0, 0.05) is 6.54 Å². The van der Waals surface area contributed by atoms with Crippen molar-refractivity contribution < 1.29 is 19.2 Å². The minimum Gasteiger partial charge on any atom is -0.495 e. The first kappa shape index (κ1) is 17.1. The van der Waals surface area contributed by atoms with Crippen molar-refractivity contribution in [3.05, 3.63) is 24.3 Å². The number of carbonyl (C=O) groups is 2. The second kappa shape index (κ2) is 7.15. The van der Waals surface area contributed by atoms with Crippen molar-refractivity contribution in [3.8, 4) is 5.75 Å². The van der Waals surface area contributed by atoms with Crippen LogP contribution in [0, 0.1) is 0 Å². The van der Waals surface area contributed by atoms with Crippen LogP contribution in [0.15, 0.2) is 24.3 Å². The SMILES string of the molecule is COc1ccccc1N1CC[NH+](CCN2C(=O)[C@@H]3CCCN3C2=O)CC1. The Morgan fingerprint density at radius 2 is 1.92 bits per heavy atom. The average molecular weight is 359 g/mol. The Labute approximate surface area is 154 Å². The van der Waals surface area contributed by atoms with Crippen LogP contribution in [0.3, 0.4) is 0 Å². The summed E-state index contributed by atoms with van der Waals surface area (Å²) in [7, 11) is 1.70. The standard InChI is InChI=1S/C19H26N4O3/c1-26-17-7-3-2-5-15(17)21-12-9-20(10-13-21)11-14-23-18(24)16-6-4-8-22(16)19(23)25/h2-3,5,7,16H,4,6,8-14H2,1H3/p+1/t16-/m0/s1. The minimum absolute atomic E-state index is 0.0135. The van der Waals surface area contributed by atoms with Gasteiger partial charge in [0.25, 0.3) is 5.91 Å². The van der Waals surface area contributed by atoms with Gasteiger partial charge in [-0.2, -0.15) is 0 Å². The number of amides is 3. The summed E-state index contributed by atoms with van der Waals surface area (Å²) in [4.78, 5) is 31.8. The molecule has 3 amide bonds. The Morgan fingerprint density at radius 3 is 2.65 bits per heavy atom. The molecule has 1 aromatic carbocycles. The number of para-hydroxylation sites is 2. The highest BCUT2D eigenvalue weighted by atomic mass is 16.5. The van der Waals surface area contributed by atoms with Crippen molar-refractivity contribution in [2.45, 2.75) is 18.9 Å². The van der Waals surface area contributed by atoms with E-state index in [2.05, 4.69) is 11.0 Å². The number of hydrogen-bond donors (Lipinski definition) is 1. The first-order chi connectivity index (χ1) is 12.7.